The van der Waals surface area contributed by atoms with Crippen molar-refractivity contribution in [1.29, 1.82) is 5.26 Å². The first kappa shape index (κ1) is 7.87. The van der Waals surface area contributed by atoms with E-state index < -0.39 is 0 Å². The Labute approximate surface area is 66.9 Å². The first-order valence-corrected chi connectivity index (χ1v) is 3.74. The molecule has 0 fully saturated rings. The van der Waals surface area contributed by atoms with Crippen molar-refractivity contribution in [2.24, 2.45) is 0 Å². The zero-order chi connectivity index (χ0) is 8.43. The molecule has 58 valence electrons. The predicted octanol–water partition coefficient (Wildman–Crippen LogP) is 2.32. The second-order valence-electron chi connectivity index (χ2n) is 3.01. The molecule has 0 aromatic carbocycles. The van der Waals surface area contributed by atoms with Gasteiger partial charge in [0.25, 0.3) is 0 Å². The summed E-state index contributed by atoms with van der Waals surface area (Å²) in [5.74, 6) is 0.427. The standard InChI is InChI=1S/C9H12N2/c1-6(2)9-7(3)11-5-8(9)4-10/h5-6,11H,1-3H3. The quantitative estimate of drug-likeness (QED) is 0.652. The van der Waals surface area contributed by atoms with Gasteiger partial charge in [-0.05, 0) is 18.4 Å². The fourth-order valence-electron chi connectivity index (χ4n) is 1.37. The highest BCUT2D eigenvalue weighted by Crippen LogP contribution is 2.21. The maximum absolute atomic E-state index is 8.71. The lowest BCUT2D eigenvalue weighted by atomic mass is 10.0. The van der Waals surface area contributed by atoms with Gasteiger partial charge in [0.2, 0.25) is 0 Å². The summed E-state index contributed by atoms with van der Waals surface area (Å²) in [4.78, 5) is 3.05. The van der Waals surface area contributed by atoms with Gasteiger partial charge < -0.3 is 4.98 Å². The summed E-state index contributed by atoms with van der Waals surface area (Å²) in [7, 11) is 0. The van der Waals surface area contributed by atoms with Crippen LogP contribution in [0.3, 0.4) is 0 Å². The molecule has 11 heavy (non-hydrogen) atoms. The fraction of sp³-hybridized carbons (Fsp3) is 0.444. The maximum atomic E-state index is 8.71. The minimum Gasteiger partial charge on any atom is -0.364 e. The minimum atomic E-state index is 0.427. The van der Waals surface area contributed by atoms with E-state index in [4.69, 9.17) is 5.26 Å². The van der Waals surface area contributed by atoms with Gasteiger partial charge in [-0.1, -0.05) is 13.8 Å². The molecular weight excluding hydrogens is 136 g/mol. The smallest absolute Gasteiger partial charge is 0.101 e. The third kappa shape index (κ3) is 1.27. The molecule has 0 radical (unpaired) electrons. The van der Waals surface area contributed by atoms with Crippen molar-refractivity contribution in [2.75, 3.05) is 0 Å². The van der Waals surface area contributed by atoms with E-state index in [2.05, 4.69) is 24.9 Å². The van der Waals surface area contributed by atoms with E-state index in [1.165, 1.54) is 0 Å². The second-order valence-corrected chi connectivity index (χ2v) is 3.01. The van der Waals surface area contributed by atoms with Gasteiger partial charge in [0.05, 0.1) is 5.56 Å². The molecule has 0 saturated carbocycles. The first-order chi connectivity index (χ1) is 5.16. The molecule has 0 atom stereocenters. The van der Waals surface area contributed by atoms with Crippen LogP contribution < -0.4 is 0 Å². The molecule has 0 spiro atoms. The van der Waals surface area contributed by atoms with E-state index in [-0.39, 0.29) is 0 Å². The number of rotatable bonds is 1. The Kier molecular flexibility index (Phi) is 2.00. The van der Waals surface area contributed by atoms with Crippen molar-refractivity contribution in [3.63, 3.8) is 0 Å². The summed E-state index contributed by atoms with van der Waals surface area (Å²) < 4.78 is 0. The van der Waals surface area contributed by atoms with E-state index in [0.29, 0.717) is 5.92 Å². The molecule has 2 nitrogen and oxygen atoms in total. The van der Waals surface area contributed by atoms with Gasteiger partial charge in [0.1, 0.15) is 6.07 Å². The first-order valence-electron chi connectivity index (χ1n) is 3.74. The fourth-order valence-corrected chi connectivity index (χ4v) is 1.37. The van der Waals surface area contributed by atoms with Crippen LogP contribution in [-0.2, 0) is 0 Å². The third-order valence-electron chi connectivity index (χ3n) is 1.82. The SMILES string of the molecule is Cc1[nH]cc(C#N)c1C(C)C. The zero-order valence-corrected chi connectivity index (χ0v) is 7.10. The molecule has 0 bridgehead atoms. The zero-order valence-electron chi connectivity index (χ0n) is 7.10. The Hall–Kier alpha value is -1.23. The number of aryl methyl sites for hydroxylation is 1. The maximum Gasteiger partial charge on any atom is 0.101 e. The van der Waals surface area contributed by atoms with Crippen LogP contribution in [0.5, 0.6) is 0 Å². The summed E-state index contributed by atoms with van der Waals surface area (Å²) in [6, 6.07) is 2.17. The molecule has 1 rings (SSSR count). The van der Waals surface area contributed by atoms with E-state index in [9.17, 15) is 0 Å². The molecule has 0 aliphatic heterocycles. The van der Waals surface area contributed by atoms with E-state index in [1.807, 2.05) is 6.92 Å². The molecule has 0 amide bonds. The van der Waals surface area contributed by atoms with Crippen LogP contribution in [0.25, 0.3) is 0 Å². The molecule has 0 aliphatic carbocycles. The van der Waals surface area contributed by atoms with Gasteiger partial charge in [-0.3, -0.25) is 0 Å². The highest BCUT2D eigenvalue weighted by atomic mass is 14.7. The third-order valence-corrected chi connectivity index (χ3v) is 1.82. The van der Waals surface area contributed by atoms with Crippen LogP contribution in [0.1, 0.15) is 36.6 Å². The van der Waals surface area contributed by atoms with Crippen LogP contribution in [0.2, 0.25) is 0 Å². The van der Waals surface area contributed by atoms with E-state index in [0.717, 1.165) is 16.8 Å². The number of aromatic nitrogens is 1. The monoisotopic (exact) mass is 148 g/mol. The number of aromatic amines is 1. The minimum absolute atomic E-state index is 0.427. The van der Waals surface area contributed by atoms with Crippen LogP contribution in [0.15, 0.2) is 6.20 Å². The average molecular weight is 148 g/mol. The Morgan fingerprint density at radius 3 is 2.55 bits per heavy atom. The lowest BCUT2D eigenvalue weighted by Crippen LogP contribution is -1.90. The Bertz CT molecular complexity index is 289. The molecule has 1 N–H and O–H groups in total. The molecule has 1 heterocycles. The van der Waals surface area contributed by atoms with Crippen molar-refractivity contribution in [3.8, 4) is 6.07 Å². The van der Waals surface area contributed by atoms with Crippen molar-refractivity contribution < 1.29 is 0 Å². The second kappa shape index (κ2) is 2.79. The number of hydrogen-bond donors (Lipinski definition) is 1. The lowest BCUT2D eigenvalue weighted by molar-refractivity contribution is 0.854. The van der Waals surface area contributed by atoms with Crippen molar-refractivity contribution in [3.05, 3.63) is 23.0 Å². The lowest BCUT2D eigenvalue weighted by Gasteiger charge is -2.03. The number of H-pyrrole nitrogens is 1. The summed E-state index contributed by atoms with van der Waals surface area (Å²) in [6.45, 7) is 6.18. The molecular formula is C9H12N2. The van der Waals surface area contributed by atoms with Gasteiger partial charge in [-0.15, -0.1) is 0 Å². The number of hydrogen-bond acceptors (Lipinski definition) is 1. The largest absolute Gasteiger partial charge is 0.364 e. The molecule has 2 heteroatoms. The van der Waals surface area contributed by atoms with Gasteiger partial charge in [-0.25, -0.2) is 0 Å². The molecule has 0 saturated heterocycles. The van der Waals surface area contributed by atoms with Crippen LogP contribution in [-0.4, -0.2) is 4.98 Å². The average Bonchev–Trinajstić information content (AvgIpc) is 2.30. The summed E-state index contributed by atoms with van der Waals surface area (Å²) in [5.41, 5.74) is 3.03. The van der Waals surface area contributed by atoms with Crippen LogP contribution >= 0.6 is 0 Å². The molecule has 1 aromatic heterocycles. The van der Waals surface area contributed by atoms with Crippen molar-refractivity contribution in [1.82, 2.24) is 4.98 Å². The summed E-state index contributed by atoms with van der Waals surface area (Å²) in [6.07, 6.45) is 1.77. The molecule has 0 unspecified atom stereocenters. The Balaban J connectivity index is 3.21. The normalized spacial score (nSPS) is 10.1. The molecule has 0 aliphatic rings. The summed E-state index contributed by atoms with van der Waals surface area (Å²) >= 11 is 0. The van der Waals surface area contributed by atoms with Crippen molar-refractivity contribution >= 4 is 0 Å². The van der Waals surface area contributed by atoms with Crippen LogP contribution in [0, 0.1) is 18.3 Å². The predicted molar refractivity (Wildman–Crippen MR) is 44.3 cm³/mol. The van der Waals surface area contributed by atoms with E-state index in [1.54, 1.807) is 6.20 Å². The number of nitrogens with one attached hydrogen (secondary N) is 1. The number of nitrogens with zero attached hydrogens (tertiary/aromatic N) is 1. The van der Waals surface area contributed by atoms with E-state index >= 15 is 0 Å². The van der Waals surface area contributed by atoms with Gasteiger partial charge in [-0.2, -0.15) is 5.26 Å². The highest BCUT2D eigenvalue weighted by molar-refractivity contribution is 5.41. The van der Waals surface area contributed by atoms with Gasteiger partial charge in [0.15, 0.2) is 0 Å². The summed E-state index contributed by atoms with van der Waals surface area (Å²) in [5, 5.41) is 8.71. The van der Waals surface area contributed by atoms with Gasteiger partial charge in [0, 0.05) is 11.9 Å². The Morgan fingerprint density at radius 2 is 2.18 bits per heavy atom. The topological polar surface area (TPSA) is 39.6 Å². The highest BCUT2D eigenvalue weighted by Gasteiger charge is 2.10. The number of nitriles is 1. The van der Waals surface area contributed by atoms with Crippen molar-refractivity contribution in [2.45, 2.75) is 26.7 Å². The van der Waals surface area contributed by atoms with Crippen LogP contribution in [0.4, 0.5) is 0 Å². The van der Waals surface area contributed by atoms with Gasteiger partial charge >= 0.3 is 0 Å². The Morgan fingerprint density at radius 1 is 1.55 bits per heavy atom. The molecule has 1 aromatic rings.